The summed E-state index contributed by atoms with van der Waals surface area (Å²) in [5.74, 6) is -0.313. The maximum Gasteiger partial charge on any atom is 0.314 e. The topological polar surface area (TPSA) is 26.3 Å². The van der Waals surface area contributed by atoms with E-state index in [0.29, 0.717) is 6.61 Å². The summed E-state index contributed by atoms with van der Waals surface area (Å²) in [6.45, 7) is 2.18. The molecule has 0 atom stereocenters. The number of carbonyl (C=O) groups is 1. The van der Waals surface area contributed by atoms with E-state index < -0.39 is 0 Å². The molecule has 0 aliphatic heterocycles. The van der Waals surface area contributed by atoms with Gasteiger partial charge in [0.15, 0.2) is 0 Å². The third kappa shape index (κ3) is 3.90. The van der Waals surface area contributed by atoms with Crippen molar-refractivity contribution in [1.82, 2.24) is 0 Å². The standard InChI is InChI=1S/C12H13O2/c1-2-3-9-12(13)14-10-11-7-5-4-6-8-11/h2-9H,10H2,1H3/b3-2+. The second-order valence-electron chi connectivity index (χ2n) is 2.79. The highest BCUT2D eigenvalue weighted by molar-refractivity contribution is 5.81. The Bertz CT molecular complexity index is 301. The molecule has 14 heavy (non-hydrogen) atoms. The van der Waals surface area contributed by atoms with E-state index in [1.54, 1.807) is 12.2 Å². The molecule has 0 aliphatic carbocycles. The first-order valence-corrected chi connectivity index (χ1v) is 4.49. The Morgan fingerprint density at radius 3 is 2.71 bits per heavy atom. The van der Waals surface area contributed by atoms with Crippen LogP contribution in [0.3, 0.4) is 0 Å². The van der Waals surface area contributed by atoms with Gasteiger partial charge < -0.3 is 4.74 Å². The summed E-state index contributed by atoms with van der Waals surface area (Å²) in [6.07, 6.45) is 4.85. The summed E-state index contributed by atoms with van der Waals surface area (Å²) in [7, 11) is 0. The lowest BCUT2D eigenvalue weighted by molar-refractivity contribution is -0.140. The number of carbonyl (C=O) groups excluding carboxylic acids is 1. The van der Waals surface area contributed by atoms with Gasteiger partial charge in [-0.15, -0.1) is 0 Å². The minimum absolute atomic E-state index is 0.313. The molecule has 0 saturated heterocycles. The van der Waals surface area contributed by atoms with Crippen LogP contribution in [0.15, 0.2) is 42.5 Å². The molecule has 1 radical (unpaired) electrons. The van der Waals surface area contributed by atoms with Crippen molar-refractivity contribution in [2.75, 3.05) is 0 Å². The molecule has 0 aromatic heterocycles. The van der Waals surface area contributed by atoms with Crippen molar-refractivity contribution in [2.45, 2.75) is 13.5 Å². The van der Waals surface area contributed by atoms with Crippen molar-refractivity contribution >= 4 is 5.97 Å². The van der Waals surface area contributed by atoms with Crippen molar-refractivity contribution in [3.8, 4) is 0 Å². The van der Waals surface area contributed by atoms with Crippen LogP contribution in [-0.2, 0) is 16.1 Å². The van der Waals surface area contributed by atoms with E-state index in [-0.39, 0.29) is 5.97 Å². The van der Waals surface area contributed by atoms with E-state index in [0.717, 1.165) is 5.56 Å². The van der Waals surface area contributed by atoms with Gasteiger partial charge in [-0.3, -0.25) is 4.79 Å². The van der Waals surface area contributed by atoms with Crippen LogP contribution in [0.25, 0.3) is 0 Å². The van der Waals surface area contributed by atoms with E-state index in [9.17, 15) is 4.79 Å². The molecule has 2 nitrogen and oxygen atoms in total. The number of benzene rings is 1. The molecule has 0 amide bonds. The summed E-state index contributed by atoms with van der Waals surface area (Å²) in [6, 6.07) is 9.60. The van der Waals surface area contributed by atoms with Crippen LogP contribution in [0, 0.1) is 6.42 Å². The van der Waals surface area contributed by atoms with Crippen molar-refractivity contribution < 1.29 is 9.53 Å². The lowest BCUT2D eigenvalue weighted by atomic mass is 10.2. The minimum Gasteiger partial charge on any atom is -0.460 e. The molecule has 0 bridgehead atoms. The molecule has 0 saturated carbocycles. The molecular formula is C12H13O2. The normalized spacial score (nSPS) is 10.4. The zero-order valence-electron chi connectivity index (χ0n) is 8.14. The molecule has 0 heterocycles. The number of allylic oxidation sites excluding steroid dienone is 1. The predicted molar refractivity (Wildman–Crippen MR) is 55.4 cm³/mol. The Morgan fingerprint density at radius 2 is 2.07 bits per heavy atom. The molecular weight excluding hydrogens is 176 g/mol. The van der Waals surface area contributed by atoms with E-state index in [2.05, 4.69) is 0 Å². The van der Waals surface area contributed by atoms with E-state index in [4.69, 9.17) is 4.74 Å². The van der Waals surface area contributed by atoms with Gasteiger partial charge in [0.1, 0.15) is 6.61 Å². The fraction of sp³-hybridized carbons (Fsp3) is 0.167. The van der Waals surface area contributed by atoms with Gasteiger partial charge in [0, 0.05) is 0 Å². The quantitative estimate of drug-likeness (QED) is 0.680. The summed E-state index contributed by atoms with van der Waals surface area (Å²) >= 11 is 0. The number of rotatable bonds is 4. The van der Waals surface area contributed by atoms with Crippen molar-refractivity contribution in [3.63, 3.8) is 0 Å². The summed E-state index contributed by atoms with van der Waals surface area (Å²) in [4.78, 5) is 11.0. The highest BCUT2D eigenvalue weighted by atomic mass is 16.5. The first kappa shape index (κ1) is 10.5. The van der Waals surface area contributed by atoms with Gasteiger partial charge in [0.2, 0.25) is 0 Å². The van der Waals surface area contributed by atoms with Crippen molar-refractivity contribution in [2.24, 2.45) is 0 Å². The highest BCUT2D eigenvalue weighted by Crippen LogP contribution is 2.01. The molecule has 0 spiro atoms. The number of esters is 1. The predicted octanol–water partition coefficient (Wildman–Crippen LogP) is 2.51. The van der Waals surface area contributed by atoms with Gasteiger partial charge >= 0.3 is 5.97 Å². The Balaban J connectivity index is 2.31. The first-order chi connectivity index (χ1) is 6.83. The Kier molecular flexibility index (Phi) is 4.48. The number of hydrogen-bond acceptors (Lipinski definition) is 2. The molecule has 0 unspecified atom stereocenters. The Morgan fingerprint density at radius 1 is 1.36 bits per heavy atom. The highest BCUT2D eigenvalue weighted by Gasteiger charge is 1.99. The molecule has 2 heteroatoms. The van der Waals surface area contributed by atoms with E-state index in [1.165, 1.54) is 6.42 Å². The van der Waals surface area contributed by atoms with Crippen molar-refractivity contribution in [3.05, 3.63) is 54.5 Å². The molecule has 73 valence electrons. The molecule has 0 aliphatic rings. The third-order valence-corrected chi connectivity index (χ3v) is 1.65. The summed E-state index contributed by atoms with van der Waals surface area (Å²) < 4.78 is 4.98. The number of hydrogen-bond donors (Lipinski definition) is 0. The Labute approximate surface area is 84.2 Å². The fourth-order valence-electron chi connectivity index (χ4n) is 0.952. The first-order valence-electron chi connectivity index (χ1n) is 4.49. The van der Waals surface area contributed by atoms with Crippen LogP contribution in [-0.4, -0.2) is 5.97 Å². The molecule has 0 N–H and O–H groups in total. The molecule has 1 aromatic rings. The van der Waals surface area contributed by atoms with Gasteiger partial charge in [-0.25, -0.2) is 0 Å². The lowest BCUT2D eigenvalue weighted by Crippen LogP contribution is -2.03. The van der Waals surface area contributed by atoms with Gasteiger partial charge in [0.05, 0.1) is 6.42 Å². The van der Waals surface area contributed by atoms with Gasteiger partial charge in [-0.2, -0.15) is 0 Å². The largest absolute Gasteiger partial charge is 0.460 e. The molecule has 1 aromatic carbocycles. The van der Waals surface area contributed by atoms with Crippen LogP contribution in [0.4, 0.5) is 0 Å². The summed E-state index contributed by atoms with van der Waals surface area (Å²) in [5, 5.41) is 0. The average Bonchev–Trinajstić information content (AvgIpc) is 2.25. The second-order valence-corrected chi connectivity index (χ2v) is 2.79. The fourth-order valence-corrected chi connectivity index (χ4v) is 0.952. The Hall–Kier alpha value is -1.57. The number of ether oxygens (including phenoxy) is 1. The van der Waals surface area contributed by atoms with Crippen LogP contribution in [0.1, 0.15) is 12.5 Å². The molecule has 1 rings (SSSR count). The summed E-state index contributed by atoms with van der Waals surface area (Å²) in [5.41, 5.74) is 0.995. The third-order valence-electron chi connectivity index (χ3n) is 1.65. The SMILES string of the molecule is C/C=C/[CH]C(=O)OCc1ccccc1. The maximum absolute atomic E-state index is 11.0. The van der Waals surface area contributed by atoms with Gasteiger partial charge in [-0.1, -0.05) is 42.5 Å². The van der Waals surface area contributed by atoms with Gasteiger partial charge in [0.25, 0.3) is 0 Å². The van der Waals surface area contributed by atoms with Gasteiger partial charge in [-0.05, 0) is 12.5 Å². The zero-order valence-corrected chi connectivity index (χ0v) is 8.14. The van der Waals surface area contributed by atoms with E-state index >= 15 is 0 Å². The van der Waals surface area contributed by atoms with E-state index in [1.807, 2.05) is 37.3 Å². The van der Waals surface area contributed by atoms with Crippen LogP contribution < -0.4 is 0 Å². The second kappa shape index (κ2) is 5.97. The zero-order chi connectivity index (χ0) is 10.2. The smallest absolute Gasteiger partial charge is 0.314 e. The van der Waals surface area contributed by atoms with Crippen LogP contribution in [0.5, 0.6) is 0 Å². The van der Waals surface area contributed by atoms with Crippen LogP contribution in [0.2, 0.25) is 0 Å². The van der Waals surface area contributed by atoms with Crippen molar-refractivity contribution in [1.29, 1.82) is 0 Å². The average molecular weight is 189 g/mol. The van der Waals surface area contributed by atoms with Crippen LogP contribution >= 0.6 is 0 Å². The monoisotopic (exact) mass is 189 g/mol. The lowest BCUT2D eigenvalue weighted by Gasteiger charge is -2.02. The minimum atomic E-state index is -0.313. The molecule has 0 fully saturated rings. The maximum atomic E-state index is 11.0.